The fraction of sp³-hybridized carbons (Fsp3) is 0.296. The van der Waals surface area contributed by atoms with Crippen molar-refractivity contribution in [1.82, 2.24) is 0 Å². The van der Waals surface area contributed by atoms with Crippen LogP contribution in [0.5, 0.6) is 0 Å². The molecule has 160 valence electrons. The van der Waals surface area contributed by atoms with E-state index >= 15 is 0 Å². The molecule has 1 aliphatic heterocycles. The summed E-state index contributed by atoms with van der Waals surface area (Å²) in [6.07, 6.45) is 3.85. The van der Waals surface area contributed by atoms with Gasteiger partial charge in [0.15, 0.2) is 0 Å². The van der Waals surface area contributed by atoms with Crippen molar-refractivity contribution in [2.45, 2.75) is 46.1 Å². The van der Waals surface area contributed by atoms with Crippen LogP contribution in [0.4, 0.5) is 21.5 Å². The topological polar surface area (TPSA) is 32.3 Å². The molecule has 0 saturated heterocycles. The Labute approximate surface area is 183 Å². The third-order valence-electron chi connectivity index (χ3n) is 6.14. The van der Waals surface area contributed by atoms with Crippen LogP contribution in [-0.2, 0) is 24.2 Å². The molecule has 0 bridgehead atoms. The standard InChI is InChI=1S/C27H29FN2O/c1-19-7-13-25(14-8-19)30-15-3-5-22-9-10-23(20(2)27(22)30)18-29-24-12-11-21(6-4-16-31)26(28)17-24/h7-14,16-17,29H,3-6,15,18H2,1-2H3. The van der Waals surface area contributed by atoms with E-state index in [1.807, 2.05) is 6.07 Å². The Hall–Kier alpha value is -3.14. The van der Waals surface area contributed by atoms with E-state index in [1.165, 1.54) is 39.7 Å². The molecule has 0 spiro atoms. The highest BCUT2D eigenvalue weighted by molar-refractivity contribution is 5.72. The number of aryl methyl sites for hydroxylation is 3. The van der Waals surface area contributed by atoms with Gasteiger partial charge in [-0.1, -0.05) is 35.9 Å². The van der Waals surface area contributed by atoms with Crippen LogP contribution in [0.1, 0.15) is 40.7 Å². The Morgan fingerprint density at radius 2 is 1.81 bits per heavy atom. The minimum atomic E-state index is -0.264. The zero-order chi connectivity index (χ0) is 21.8. The van der Waals surface area contributed by atoms with E-state index in [4.69, 9.17) is 0 Å². The first kappa shape index (κ1) is 21.1. The lowest BCUT2D eigenvalue weighted by atomic mass is 9.94. The smallest absolute Gasteiger partial charge is 0.128 e. The lowest BCUT2D eigenvalue weighted by Gasteiger charge is -2.34. The van der Waals surface area contributed by atoms with Crippen LogP contribution in [-0.4, -0.2) is 12.8 Å². The predicted molar refractivity (Wildman–Crippen MR) is 126 cm³/mol. The van der Waals surface area contributed by atoms with Crippen molar-refractivity contribution in [3.63, 3.8) is 0 Å². The molecule has 31 heavy (non-hydrogen) atoms. The maximum atomic E-state index is 14.3. The number of nitrogens with one attached hydrogen (secondary N) is 1. The maximum Gasteiger partial charge on any atom is 0.128 e. The number of hydrogen-bond acceptors (Lipinski definition) is 3. The second-order valence-electron chi connectivity index (χ2n) is 8.31. The molecule has 3 aromatic rings. The fourth-order valence-corrected chi connectivity index (χ4v) is 4.36. The highest BCUT2D eigenvalue weighted by atomic mass is 19.1. The zero-order valence-corrected chi connectivity index (χ0v) is 18.2. The van der Waals surface area contributed by atoms with Crippen molar-refractivity contribution in [2.24, 2.45) is 0 Å². The first-order chi connectivity index (χ1) is 15.1. The number of benzene rings is 3. The van der Waals surface area contributed by atoms with Gasteiger partial charge in [-0.15, -0.1) is 0 Å². The molecular weight excluding hydrogens is 387 g/mol. The summed E-state index contributed by atoms with van der Waals surface area (Å²) in [4.78, 5) is 13.0. The number of hydrogen-bond donors (Lipinski definition) is 1. The number of carbonyl (C=O) groups excluding carboxylic acids is 1. The van der Waals surface area contributed by atoms with E-state index < -0.39 is 0 Å². The molecule has 0 unspecified atom stereocenters. The molecular formula is C27H29FN2O. The normalized spacial score (nSPS) is 13.1. The first-order valence-electron chi connectivity index (χ1n) is 11.0. The average Bonchev–Trinajstić information content (AvgIpc) is 2.78. The van der Waals surface area contributed by atoms with Gasteiger partial charge in [-0.25, -0.2) is 4.39 Å². The van der Waals surface area contributed by atoms with Crippen molar-refractivity contribution < 1.29 is 9.18 Å². The summed E-state index contributed by atoms with van der Waals surface area (Å²) in [6.45, 7) is 5.95. The van der Waals surface area contributed by atoms with E-state index in [1.54, 1.807) is 6.07 Å². The minimum absolute atomic E-state index is 0.264. The lowest BCUT2D eigenvalue weighted by Crippen LogP contribution is -2.26. The molecule has 3 aromatic carbocycles. The molecule has 0 aromatic heterocycles. The van der Waals surface area contributed by atoms with Crippen LogP contribution in [0.2, 0.25) is 0 Å². The molecule has 1 aliphatic rings. The Balaban J connectivity index is 1.55. The van der Waals surface area contributed by atoms with Crippen molar-refractivity contribution in [3.05, 3.63) is 88.2 Å². The monoisotopic (exact) mass is 416 g/mol. The van der Waals surface area contributed by atoms with E-state index in [2.05, 4.69) is 60.5 Å². The molecule has 0 radical (unpaired) electrons. The molecule has 3 nitrogen and oxygen atoms in total. The summed E-state index contributed by atoms with van der Waals surface area (Å²) in [7, 11) is 0. The molecule has 0 amide bonds. The molecule has 4 rings (SSSR count). The van der Waals surface area contributed by atoms with Crippen LogP contribution >= 0.6 is 0 Å². The molecule has 0 aliphatic carbocycles. The van der Waals surface area contributed by atoms with Gasteiger partial charge >= 0.3 is 0 Å². The largest absolute Gasteiger partial charge is 0.381 e. The third kappa shape index (κ3) is 4.63. The second kappa shape index (κ2) is 9.34. The molecule has 0 atom stereocenters. The number of anilines is 3. The summed E-state index contributed by atoms with van der Waals surface area (Å²) < 4.78 is 14.3. The third-order valence-corrected chi connectivity index (χ3v) is 6.14. The molecule has 1 N–H and O–H groups in total. The number of aldehydes is 1. The van der Waals surface area contributed by atoms with Crippen LogP contribution in [0, 0.1) is 19.7 Å². The van der Waals surface area contributed by atoms with E-state index in [-0.39, 0.29) is 5.82 Å². The van der Waals surface area contributed by atoms with E-state index in [0.717, 1.165) is 31.4 Å². The van der Waals surface area contributed by atoms with Gasteiger partial charge in [0, 0.05) is 36.6 Å². The number of halogens is 1. The average molecular weight is 417 g/mol. The first-order valence-corrected chi connectivity index (χ1v) is 11.0. The molecule has 0 saturated carbocycles. The van der Waals surface area contributed by atoms with Crippen molar-refractivity contribution >= 4 is 23.3 Å². The lowest BCUT2D eigenvalue weighted by molar-refractivity contribution is -0.107. The van der Waals surface area contributed by atoms with Crippen molar-refractivity contribution in [3.8, 4) is 0 Å². The Morgan fingerprint density at radius 3 is 2.55 bits per heavy atom. The second-order valence-corrected chi connectivity index (χ2v) is 8.31. The van der Waals surface area contributed by atoms with Gasteiger partial charge in [0.2, 0.25) is 0 Å². The molecule has 4 heteroatoms. The van der Waals surface area contributed by atoms with Gasteiger partial charge in [-0.3, -0.25) is 0 Å². The fourth-order valence-electron chi connectivity index (χ4n) is 4.36. The summed E-state index contributed by atoms with van der Waals surface area (Å²) in [5.74, 6) is -0.264. The highest BCUT2D eigenvalue weighted by Crippen LogP contribution is 2.37. The van der Waals surface area contributed by atoms with Crippen molar-refractivity contribution in [2.75, 3.05) is 16.8 Å². The minimum Gasteiger partial charge on any atom is -0.381 e. The number of carbonyl (C=O) groups is 1. The van der Waals surface area contributed by atoms with Crippen molar-refractivity contribution in [1.29, 1.82) is 0 Å². The van der Waals surface area contributed by atoms with E-state index in [9.17, 15) is 9.18 Å². The van der Waals surface area contributed by atoms with Crippen LogP contribution in [0.3, 0.4) is 0 Å². The summed E-state index contributed by atoms with van der Waals surface area (Å²) in [5, 5.41) is 3.37. The van der Waals surface area contributed by atoms with Crippen LogP contribution in [0.25, 0.3) is 0 Å². The van der Waals surface area contributed by atoms with Gasteiger partial charge in [0.25, 0.3) is 0 Å². The Bertz CT molecular complexity index is 1080. The van der Waals surface area contributed by atoms with Gasteiger partial charge < -0.3 is 15.0 Å². The SMILES string of the molecule is Cc1ccc(N2CCCc3ccc(CNc4ccc(CCC=O)c(F)c4)c(C)c32)cc1. The van der Waals surface area contributed by atoms with Gasteiger partial charge in [0.1, 0.15) is 12.1 Å². The van der Waals surface area contributed by atoms with E-state index in [0.29, 0.717) is 24.9 Å². The number of nitrogens with zero attached hydrogens (tertiary/aromatic N) is 1. The Kier molecular flexibility index (Phi) is 6.36. The zero-order valence-electron chi connectivity index (χ0n) is 18.2. The number of rotatable bonds is 7. The maximum absolute atomic E-state index is 14.3. The predicted octanol–water partition coefficient (Wildman–Crippen LogP) is 6.27. The summed E-state index contributed by atoms with van der Waals surface area (Å²) >= 11 is 0. The highest BCUT2D eigenvalue weighted by Gasteiger charge is 2.21. The van der Waals surface area contributed by atoms with Crippen LogP contribution in [0.15, 0.2) is 54.6 Å². The molecule has 0 fully saturated rings. The van der Waals surface area contributed by atoms with Gasteiger partial charge in [-0.2, -0.15) is 0 Å². The quantitative estimate of drug-likeness (QED) is 0.461. The van der Waals surface area contributed by atoms with Crippen LogP contribution < -0.4 is 10.2 Å². The Morgan fingerprint density at radius 1 is 1.03 bits per heavy atom. The van der Waals surface area contributed by atoms with Gasteiger partial charge in [-0.05, 0) is 79.6 Å². The summed E-state index contributed by atoms with van der Waals surface area (Å²) in [5.41, 5.74) is 9.00. The number of fused-ring (bicyclic) bond motifs is 1. The molecule has 1 heterocycles. The summed E-state index contributed by atoms with van der Waals surface area (Å²) in [6, 6.07) is 18.3. The van der Waals surface area contributed by atoms with Gasteiger partial charge in [0.05, 0.1) is 0 Å².